The van der Waals surface area contributed by atoms with Gasteiger partial charge in [-0.05, 0) is 11.5 Å². The molecular weight excluding hydrogens is 198 g/mol. The van der Waals surface area contributed by atoms with E-state index in [9.17, 15) is 4.79 Å². The number of benzene rings is 1. The molecule has 0 atom stereocenters. The van der Waals surface area contributed by atoms with Gasteiger partial charge in [-0.1, -0.05) is 30.3 Å². The van der Waals surface area contributed by atoms with Crippen LogP contribution in [0.4, 0.5) is 0 Å². The summed E-state index contributed by atoms with van der Waals surface area (Å²) in [6.07, 6.45) is 0. The van der Waals surface area contributed by atoms with Gasteiger partial charge in [-0.3, -0.25) is 0 Å². The number of aromatic carboxylic acids is 1. The normalized spacial score (nSPS) is 10.0. The highest BCUT2D eigenvalue weighted by molar-refractivity contribution is 7.04. The first-order valence-electron chi connectivity index (χ1n) is 4.02. The summed E-state index contributed by atoms with van der Waals surface area (Å²) < 4.78 is 4.07. The molecule has 0 spiro atoms. The molecule has 0 amide bonds. The molecule has 0 aliphatic heterocycles. The van der Waals surface area contributed by atoms with Gasteiger partial charge in [-0.2, -0.15) is 4.37 Å². The molecule has 0 fully saturated rings. The van der Waals surface area contributed by atoms with E-state index < -0.39 is 5.97 Å². The molecule has 1 heterocycles. The van der Waals surface area contributed by atoms with Crippen molar-refractivity contribution in [2.75, 3.05) is 0 Å². The van der Waals surface area contributed by atoms with Crippen molar-refractivity contribution in [1.82, 2.24) is 4.37 Å². The molecule has 4 heteroatoms. The maximum Gasteiger partial charge on any atom is 0.338 e. The maximum absolute atomic E-state index is 10.8. The minimum Gasteiger partial charge on any atom is -0.478 e. The molecule has 0 saturated carbocycles. The second-order valence-corrected chi connectivity index (χ2v) is 3.38. The van der Waals surface area contributed by atoms with E-state index in [4.69, 9.17) is 5.11 Å². The van der Waals surface area contributed by atoms with Crippen molar-refractivity contribution in [2.24, 2.45) is 0 Å². The van der Waals surface area contributed by atoms with Crippen LogP contribution in [0.3, 0.4) is 0 Å². The van der Waals surface area contributed by atoms with Crippen LogP contribution in [0.15, 0.2) is 35.7 Å². The fourth-order valence-corrected chi connectivity index (χ4v) is 1.87. The molecule has 0 saturated heterocycles. The van der Waals surface area contributed by atoms with Crippen molar-refractivity contribution in [2.45, 2.75) is 0 Å². The van der Waals surface area contributed by atoms with Gasteiger partial charge in [-0.25, -0.2) is 4.79 Å². The summed E-state index contributed by atoms with van der Waals surface area (Å²) in [4.78, 5) is 10.8. The Bertz CT molecular complexity index is 450. The Balaban J connectivity index is 2.52. The van der Waals surface area contributed by atoms with E-state index in [1.807, 2.05) is 30.3 Å². The average Bonchev–Trinajstić information content (AvgIpc) is 2.67. The summed E-state index contributed by atoms with van der Waals surface area (Å²) in [7, 11) is 0. The number of carbonyl (C=O) groups is 1. The van der Waals surface area contributed by atoms with Gasteiger partial charge < -0.3 is 5.11 Å². The summed E-state index contributed by atoms with van der Waals surface area (Å²) in [6.45, 7) is 0. The van der Waals surface area contributed by atoms with E-state index in [-0.39, 0.29) is 5.56 Å². The fraction of sp³-hybridized carbons (Fsp3) is 0. The van der Waals surface area contributed by atoms with Crippen LogP contribution in [0, 0.1) is 0 Å². The van der Waals surface area contributed by atoms with Crippen LogP contribution in [0.1, 0.15) is 10.4 Å². The van der Waals surface area contributed by atoms with Gasteiger partial charge in [0, 0.05) is 10.9 Å². The Kier molecular flexibility index (Phi) is 2.28. The molecular formula is C10H7NO2S. The topological polar surface area (TPSA) is 50.2 Å². The number of carboxylic acids is 1. The minimum absolute atomic E-state index is 0.265. The summed E-state index contributed by atoms with van der Waals surface area (Å²) in [5.41, 5.74) is 1.65. The van der Waals surface area contributed by atoms with E-state index in [0.29, 0.717) is 5.69 Å². The molecule has 1 aromatic carbocycles. The Morgan fingerprint density at radius 2 is 2.00 bits per heavy atom. The van der Waals surface area contributed by atoms with Gasteiger partial charge in [0.05, 0.1) is 11.3 Å². The lowest BCUT2D eigenvalue weighted by Crippen LogP contribution is -1.96. The van der Waals surface area contributed by atoms with Crippen LogP contribution < -0.4 is 0 Å². The SMILES string of the molecule is O=C(O)c1csnc1-c1ccccc1. The van der Waals surface area contributed by atoms with Gasteiger partial charge in [0.1, 0.15) is 0 Å². The number of hydrogen-bond acceptors (Lipinski definition) is 3. The third kappa shape index (κ3) is 1.52. The lowest BCUT2D eigenvalue weighted by atomic mass is 10.1. The fourth-order valence-electron chi connectivity index (χ4n) is 1.19. The van der Waals surface area contributed by atoms with Crippen LogP contribution in [0.2, 0.25) is 0 Å². The summed E-state index contributed by atoms with van der Waals surface area (Å²) >= 11 is 1.16. The maximum atomic E-state index is 10.8. The largest absolute Gasteiger partial charge is 0.478 e. The molecule has 3 nitrogen and oxygen atoms in total. The van der Waals surface area contributed by atoms with Gasteiger partial charge in [-0.15, -0.1) is 0 Å². The third-order valence-electron chi connectivity index (χ3n) is 1.85. The van der Waals surface area contributed by atoms with Gasteiger partial charge in [0.2, 0.25) is 0 Å². The van der Waals surface area contributed by atoms with Crippen molar-refractivity contribution in [3.63, 3.8) is 0 Å². The Morgan fingerprint density at radius 1 is 1.29 bits per heavy atom. The van der Waals surface area contributed by atoms with Gasteiger partial charge in [0.15, 0.2) is 0 Å². The first-order chi connectivity index (χ1) is 6.79. The standard InChI is InChI=1S/C10H7NO2S/c12-10(13)8-6-14-11-9(8)7-4-2-1-3-5-7/h1-6H,(H,12,13). The number of rotatable bonds is 2. The van der Waals surface area contributed by atoms with Crippen molar-refractivity contribution in [3.8, 4) is 11.3 Å². The average molecular weight is 205 g/mol. The molecule has 0 unspecified atom stereocenters. The zero-order chi connectivity index (χ0) is 9.97. The van der Waals surface area contributed by atoms with E-state index in [1.54, 1.807) is 5.38 Å². The third-order valence-corrected chi connectivity index (χ3v) is 2.48. The Labute approximate surface area is 84.8 Å². The smallest absolute Gasteiger partial charge is 0.338 e. The van der Waals surface area contributed by atoms with E-state index in [0.717, 1.165) is 17.1 Å². The molecule has 0 radical (unpaired) electrons. The first kappa shape index (κ1) is 8.90. The summed E-state index contributed by atoms with van der Waals surface area (Å²) in [5.74, 6) is -0.933. The van der Waals surface area contributed by atoms with Gasteiger partial charge in [0.25, 0.3) is 0 Å². The van der Waals surface area contributed by atoms with Crippen LogP contribution >= 0.6 is 11.5 Å². The monoisotopic (exact) mass is 205 g/mol. The quantitative estimate of drug-likeness (QED) is 0.819. The molecule has 0 aliphatic carbocycles. The van der Waals surface area contributed by atoms with E-state index in [1.165, 1.54) is 0 Å². The summed E-state index contributed by atoms with van der Waals surface area (Å²) in [6, 6.07) is 9.31. The van der Waals surface area contributed by atoms with Crippen molar-refractivity contribution >= 4 is 17.5 Å². The Morgan fingerprint density at radius 3 is 2.64 bits per heavy atom. The second kappa shape index (κ2) is 3.59. The molecule has 70 valence electrons. The molecule has 14 heavy (non-hydrogen) atoms. The molecule has 1 aromatic heterocycles. The zero-order valence-electron chi connectivity index (χ0n) is 7.18. The van der Waals surface area contributed by atoms with Crippen LogP contribution in [0.5, 0.6) is 0 Å². The van der Waals surface area contributed by atoms with E-state index >= 15 is 0 Å². The lowest BCUT2D eigenvalue weighted by Gasteiger charge is -1.97. The second-order valence-electron chi connectivity index (χ2n) is 2.75. The lowest BCUT2D eigenvalue weighted by molar-refractivity contribution is 0.0698. The summed E-state index contributed by atoms with van der Waals surface area (Å²) in [5, 5.41) is 10.4. The molecule has 1 N–H and O–H groups in total. The highest BCUT2D eigenvalue weighted by atomic mass is 32.1. The van der Waals surface area contributed by atoms with Crippen molar-refractivity contribution in [1.29, 1.82) is 0 Å². The van der Waals surface area contributed by atoms with Crippen LogP contribution in [-0.4, -0.2) is 15.4 Å². The molecule has 2 rings (SSSR count). The zero-order valence-corrected chi connectivity index (χ0v) is 7.99. The van der Waals surface area contributed by atoms with Crippen LogP contribution in [0.25, 0.3) is 11.3 Å². The minimum atomic E-state index is -0.933. The van der Waals surface area contributed by atoms with E-state index in [2.05, 4.69) is 4.37 Å². The predicted octanol–water partition coefficient (Wildman–Crippen LogP) is 2.51. The number of aromatic nitrogens is 1. The van der Waals surface area contributed by atoms with Crippen molar-refractivity contribution < 1.29 is 9.90 Å². The first-order valence-corrected chi connectivity index (χ1v) is 4.86. The number of hydrogen-bond donors (Lipinski definition) is 1. The highest BCUT2D eigenvalue weighted by Gasteiger charge is 2.13. The van der Waals surface area contributed by atoms with Crippen molar-refractivity contribution in [3.05, 3.63) is 41.3 Å². The Hall–Kier alpha value is -1.68. The highest BCUT2D eigenvalue weighted by Crippen LogP contribution is 2.23. The number of carboxylic acid groups (broad SMARTS) is 1. The predicted molar refractivity (Wildman–Crippen MR) is 54.5 cm³/mol. The number of nitrogens with zero attached hydrogens (tertiary/aromatic N) is 1. The molecule has 0 aliphatic rings. The van der Waals surface area contributed by atoms with Gasteiger partial charge >= 0.3 is 5.97 Å². The molecule has 2 aromatic rings. The molecule has 0 bridgehead atoms. The van der Waals surface area contributed by atoms with Crippen LogP contribution in [-0.2, 0) is 0 Å².